The lowest BCUT2D eigenvalue weighted by atomic mass is 10.3. The Bertz CT molecular complexity index is 817. The summed E-state index contributed by atoms with van der Waals surface area (Å²) in [5.74, 6) is -2.53. The van der Waals surface area contributed by atoms with E-state index in [9.17, 15) is 18.0 Å². The molecule has 0 amide bonds. The Morgan fingerprint density at radius 1 is 1.32 bits per heavy atom. The highest BCUT2D eigenvalue weighted by Gasteiger charge is 2.42. The lowest BCUT2D eigenvalue weighted by molar-refractivity contribution is -0.190. The number of aromatic nitrogens is 4. The fraction of sp³-hybridized carbons (Fsp3) is 0.154. The first-order chi connectivity index (χ1) is 10.3. The number of carbonyl (C=O) groups excluding carboxylic acids is 1. The largest absolute Gasteiger partial charge is 0.491 e. The Balaban J connectivity index is 2.02. The zero-order valence-electron chi connectivity index (χ0n) is 11.2. The van der Waals surface area contributed by atoms with E-state index in [1.807, 2.05) is 0 Å². The minimum Gasteiger partial charge on any atom is -0.401 e. The van der Waals surface area contributed by atoms with Crippen molar-refractivity contribution >= 4 is 17.0 Å². The maximum Gasteiger partial charge on any atom is 0.491 e. The molecule has 1 N–H and O–H groups in total. The number of aryl methyl sites for hydroxylation is 1. The van der Waals surface area contributed by atoms with Crippen molar-refractivity contribution in [2.45, 2.75) is 13.1 Å². The number of hydrogen-bond acceptors (Lipinski definition) is 4. The molecule has 3 rings (SSSR count). The number of para-hydroxylation sites is 2. The third-order valence-electron chi connectivity index (χ3n) is 2.81. The van der Waals surface area contributed by atoms with Gasteiger partial charge in [-0.25, -0.2) is 9.78 Å². The average Bonchev–Trinajstić information content (AvgIpc) is 3.00. The van der Waals surface area contributed by atoms with Gasteiger partial charge in [0.2, 0.25) is 11.8 Å². The number of esters is 1. The van der Waals surface area contributed by atoms with Crippen LogP contribution >= 0.6 is 0 Å². The predicted octanol–water partition coefficient (Wildman–Crippen LogP) is 2.52. The Kier molecular flexibility index (Phi) is 3.12. The normalized spacial score (nSPS) is 11.8. The molecule has 0 bridgehead atoms. The zero-order chi connectivity index (χ0) is 15.9. The van der Waals surface area contributed by atoms with Gasteiger partial charge in [0, 0.05) is 6.07 Å². The van der Waals surface area contributed by atoms with Crippen molar-refractivity contribution in [3.63, 3.8) is 0 Å². The lowest BCUT2D eigenvalue weighted by Crippen LogP contribution is -2.28. The molecule has 0 radical (unpaired) electrons. The summed E-state index contributed by atoms with van der Waals surface area (Å²) < 4.78 is 42.3. The Hall–Kier alpha value is -2.84. The molecule has 114 valence electrons. The number of imidazole rings is 1. The number of halogens is 3. The fourth-order valence-electron chi connectivity index (χ4n) is 1.89. The van der Waals surface area contributed by atoms with Crippen LogP contribution in [0.25, 0.3) is 17.0 Å². The molecule has 0 aliphatic heterocycles. The summed E-state index contributed by atoms with van der Waals surface area (Å²) in [4.78, 5) is 18.1. The zero-order valence-corrected chi connectivity index (χ0v) is 11.2. The first kappa shape index (κ1) is 14.1. The summed E-state index contributed by atoms with van der Waals surface area (Å²) in [6.07, 6.45) is -5.09. The van der Waals surface area contributed by atoms with Gasteiger partial charge in [-0.15, -0.1) is 0 Å². The second-order valence-corrected chi connectivity index (χ2v) is 4.50. The number of aromatic amines is 1. The van der Waals surface area contributed by atoms with Gasteiger partial charge >= 0.3 is 12.1 Å². The van der Waals surface area contributed by atoms with Crippen LogP contribution in [0.3, 0.4) is 0 Å². The summed E-state index contributed by atoms with van der Waals surface area (Å²) in [5, 5.41) is 3.99. The summed E-state index contributed by atoms with van der Waals surface area (Å²) >= 11 is 0. The Morgan fingerprint density at radius 3 is 2.73 bits per heavy atom. The van der Waals surface area contributed by atoms with Crippen LogP contribution in [0.4, 0.5) is 13.2 Å². The molecule has 0 aliphatic rings. The number of carbonyl (C=O) groups is 1. The van der Waals surface area contributed by atoms with Crippen molar-refractivity contribution in [1.82, 2.24) is 19.7 Å². The van der Waals surface area contributed by atoms with Crippen molar-refractivity contribution in [3.8, 4) is 11.8 Å². The van der Waals surface area contributed by atoms with E-state index >= 15 is 0 Å². The first-order valence-corrected chi connectivity index (χ1v) is 6.15. The molecule has 0 aliphatic carbocycles. The van der Waals surface area contributed by atoms with Gasteiger partial charge in [-0.3, -0.25) is 0 Å². The number of rotatable bonds is 2. The highest BCUT2D eigenvalue weighted by molar-refractivity contribution is 5.78. The molecule has 22 heavy (non-hydrogen) atoms. The standard InChI is InChI=1S/C13H9F3N4O2/c1-7-6-10(22-11(21)13(14,15)16)20(19-7)12-17-8-4-2-3-5-9(8)18-12/h2-6H,1H3,(H,17,18). The molecule has 1 aromatic carbocycles. The monoisotopic (exact) mass is 310 g/mol. The molecule has 0 saturated heterocycles. The van der Waals surface area contributed by atoms with Crippen molar-refractivity contribution in [2.24, 2.45) is 0 Å². The summed E-state index contributed by atoms with van der Waals surface area (Å²) in [6, 6.07) is 8.25. The van der Waals surface area contributed by atoms with E-state index in [-0.39, 0.29) is 11.8 Å². The van der Waals surface area contributed by atoms with E-state index in [0.29, 0.717) is 16.7 Å². The van der Waals surface area contributed by atoms with Crippen molar-refractivity contribution < 1.29 is 22.7 Å². The van der Waals surface area contributed by atoms with E-state index in [0.717, 1.165) is 4.68 Å². The smallest absolute Gasteiger partial charge is 0.401 e. The van der Waals surface area contributed by atoms with Crippen LogP contribution in [0.1, 0.15) is 5.69 Å². The van der Waals surface area contributed by atoms with Gasteiger partial charge in [0.1, 0.15) is 0 Å². The second kappa shape index (κ2) is 4.86. The van der Waals surface area contributed by atoms with Gasteiger partial charge in [-0.2, -0.15) is 23.0 Å². The molecular formula is C13H9F3N4O2. The molecule has 3 aromatic rings. The van der Waals surface area contributed by atoms with Crippen LogP contribution in [-0.2, 0) is 4.79 Å². The average molecular weight is 310 g/mol. The molecule has 2 heterocycles. The Morgan fingerprint density at radius 2 is 2.05 bits per heavy atom. The molecule has 0 spiro atoms. The highest BCUT2D eigenvalue weighted by Crippen LogP contribution is 2.23. The van der Waals surface area contributed by atoms with E-state index in [1.54, 1.807) is 31.2 Å². The number of benzene rings is 1. The van der Waals surface area contributed by atoms with Gasteiger partial charge in [0.05, 0.1) is 16.7 Å². The third-order valence-corrected chi connectivity index (χ3v) is 2.81. The van der Waals surface area contributed by atoms with E-state index in [2.05, 4.69) is 19.8 Å². The molecule has 0 unspecified atom stereocenters. The van der Waals surface area contributed by atoms with Gasteiger partial charge < -0.3 is 9.72 Å². The third kappa shape index (κ3) is 2.52. The van der Waals surface area contributed by atoms with E-state index in [4.69, 9.17) is 0 Å². The van der Waals surface area contributed by atoms with Gasteiger partial charge in [-0.05, 0) is 19.1 Å². The summed E-state index contributed by atoms with van der Waals surface area (Å²) in [6.45, 7) is 1.56. The highest BCUT2D eigenvalue weighted by atomic mass is 19.4. The van der Waals surface area contributed by atoms with Gasteiger partial charge in [0.15, 0.2) is 0 Å². The van der Waals surface area contributed by atoms with Gasteiger partial charge in [-0.1, -0.05) is 12.1 Å². The van der Waals surface area contributed by atoms with Crippen molar-refractivity contribution in [2.75, 3.05) is 0 Å². The number of hydrogen-bond donors (Lipinski definition) is 1. The SMILES string of the molecule is Cc1cc(OC(=O)C(F)(F)F)n(-c2nc3ccccc3[nH]2)n1. The molecular weight excluding hydrogens is 301 g/mol. The van der Waals surface area contributed by atoms with Crippen LogP contribution in [0.2, 0.25) is 0 Å². The van der Waals surface area contributed by atoms with Crippen molar-refractivity contribution in [3.05, 3.63) is 36.0 Å². The molecule has 0 saturated carbocycles. The quantitative estimate of drug-likeness (QED) is 0.738. The molecule has 0 atom stereocenters. The minimum atomic E-state index is -5.09. The fourth-order valence-corrected chi connectivity index (χ4v) is 1.89. The number of ether oxygens (including phenoxy) is 1. The summed E-state index contributed by atoms with van der Waals surface area (Å²) in [5.41, 5.74) is 1.67. The van der Waals surface area contributed by atoms with Crippen LogP contribution in [0.15, 0.2) is 30.3 Å². The second-order valence-electron chi connectivity index (χ2n) is 4.50. The number of nitrogens with zero attached hydrogens (tertiary/aromatic N) is 3. The maximum atomic E-state index is 12.3. The Labute approximate surface area is 121 Å². The van der Waals surface area contributed by atoms with E-state index < -0.39 is 12.1 Å². The van der Waals surface area contributed by atoms with Gasteiger partial charge in [0.25, 0.3) is 0 Å². The number of H-pyrrole nitrogens is 1. The lowest BCUT2D eigenvalue weighted by Gasteiger charge is -2.07. The van der Waals surface area contributed by atoms with Crippen LogP contribution in [-0.4, -0.2) is 31.9 Å². The molecule has 9 heteroatoms. The van der Waals surface area contributed by atoms with Crippen molar-refractivity contribution in [1.29, 1.82) is 0 Å². The summed E-state index contributed by atoms with van der Waals surface area (Å²) in [7, 11) is 0. The maximum absolute atomic E-state index is 12.3. The first-order valence-electron chi connectivity index (χ1n) is 6.15. The van der Waals surface area contributed by atoms with E-state index in [1.165, 1.54) is 6.07 Å². The van der Waals surface area contributed by atoms with Crippen LogP contribution in [0, 0.1) is 6.92 Å². The molecule has 6 nitrogen and oxygen atoms in total. The predicted molar refractivity (Wildman–Crippen MR) is 69.6 cm³/mol. The minimum absolute atomic E-state index is 0.152. The molecule has 2 aromatic heterocycles. The number of nitrogens with one attached hydrogen (secondary N) is 1. The number of alkyl halides is 3. The number of fused-ring (bicyclic) bond motifs is 1. The topological polar surface area (TPSA) is 72.8 Å². The van der Waals surface area contributed by atoms with Crippen LogP contribution in [0.5, 0.6) is 5.88 Å². The van der Waals surface area contributed by atoms with Crippen LogP contribution < -0.4 is 4.74 Å². The molecule has 0 fully saturated rings.